The van der Waals surface area contributed by atoms with E-state index >= 15 is 0 Å². The maximum Gasteiger partial charge on any atom is 0.414 e. The van der Waals surface area contributed by atoms with E-state index < -0.39 is 23.4 Å². The molecule has 2 aromatic rings. The number of amides is 1. The first-order valence-electron chi connectivity index (χ1n) is 7.20. The summed E-state index contributed by atoms with van der Waals surface area (Å²) in [5.74, 6) is -1.21. The summed E-state index contributed by atoms with van der Waals surface area (Å²) in [6.45, 7) is 1.20. The van der Waals surface area contributed by atoms with Gasteiger partial charge in [0, 0.05) is 0 Å². The number of carbonyl (C=O) groups is 3. The highest BCUT2D eigenvalue weighted by Crippen LogP contribution is 2.25. The maximum atomic E-state index is 12.4. The summed E-state index contributed by atoms with van der Waals surface area (Å²) in [7, 11) is 1.15. The van der Waals surface area contributed by atoms with E-state index in [0.717, 1.165) is 7.11 Å². The molecule has 24 heavy (non-hydrogen) atoms. The molecule has 1 amide bonds. The molecule has 0 fully saturated rings. The molecule has 2 rings (SSSR count). The second-order valence-electron chi connectivity index (χ2n) is 4.99. The lowest BCUT2D eigenvalue weighted by Crippen LogP contribution is -2.57. The zero-order valence-electron chi connectivity index (χ0n) is 13.3. The van der Waals surface area contributed by atoms with E-state index in [1.165, 1.54) is 6.92 Å². The third-order valence-corrected chi connectivity index (χ3v) is 3.47. The van der Waals surface area contributed by atoms with Crippen LogP contribution in [0.1, 0.15) is 12.5 Å². The molecule has 1 unspecified atom stereocenters. The lowest BCUT2D eigenvalue weighted by Gasteiger charge is -2.29. The van der Waals surface area contributed by atoms with E-state index in [2.05, 4.69) is 5.32 Å². The highest BCUT2D eigenvalue weighted by atomic mass is 16.6. The Morgan fingerprint density at radius 2 is 1.46 bits per heavy atom. The second kappa shape index (κ2) is 7.41. The van der Waals surface area contributed by atoms with Gasteiger partial charge >= 0.3 is 12.1 Å². The van der Waals surface area contributed by atoms with Crippen LogP contribution < -0.4 is 10.1 Å². The van der Waals surface area contributed by atoms with Crippen LogP contribution in [0.15, 0.2) is 60.7 Å². The summed E-state index contributed by atoms with van der Waals surface area (Å²) in [6, 6.07) is 16.5. The third-order valence-electron chi connectivity index (χ3n) is 3.47. The number of ketones is 1. The van der Waals surface area contributed by atoms with Crippen LogP contribution in [0.2, 0.25) is 0 Å². The fraction of sp³-hybridized carbons (Fsp3) is 0.167. The van der Waals surface area contributed by atoms with Gasteiger partial charge in [-0.3, -0.25) is 10.1 Å². The molecular weight excluding hydrogens is 310 g/mol. The number of benzene rings is 2. The third kappa shape index (κ3) is 3.43. The van der Waals surface area contributed by atoms with E-state index in [9.17, 15) is 14.4 Å². The average Bonchev–Trinajstić information content (AvgIpc) is 2.60. The fourth-order valence-corrected chi connectivity index (χ4v) is 2.29. The molecule has 6 heteroatoms. The monoisotopic (exact) mass is 327 g/mol. The van der Waals surface area contributed by atoms with Crippen LogP contribution in [0.3, 0.4) is 0 Å². The molecule has 1 atom stereocenters. The number of para-hydroxylation sites is 1. The van der Waals surface area contributed by atoms with Crippen LogP contribution in [0.4, 0.5) is 4.79 Å². The molecule has 0 bridgehead atoms. The van der Waals surface area contributed by atoms with Crippen molar-refractivity contribution in [1.82, 2.24) is 5.32 Å². The van der Waals surface area contributed by atoms with Crippen molar-refractivity contribution >= 4 is 17.8 Å². The molecular formula is C18H17NO5. The Morgan fingerprint density at radius 1 is 0.917 bits per heavy atom. The van der Waals surface area contributed by atoms with Gasteiger partial charge in [-0.1, -0.05) is 48.5 Å². The van der Waals surface area contributed by atoms with Crippen LogP contribution in [-0.2, 0) is 19.9 Å². The van der Waals surface area contributed by atoms with Crippen molar-refractivity contribution in [1.29, 1.82) is 0 Å². The van der Waals surface area contributed by atoms with Gasteiger partial charge in [0.25, 0.3) is 0 Å². The van der Waals surface area contributed by atoms with Gasteiger partial charge < -0.3 is 9.47 Å². The summed E-state index contributed by atoms with van der Waals surface area (Å²) in [6.07, 6.45) is -0.939. The van der Waals surface area contributed by atoms with E-state index in [0.29, 0.717) is 0 Å². The van der Waals surface area contributed by atoms with Gasteiger partial charge in [0.05, 0.1) is 7.11 Å². The van der Waals surface area contributed by atoms with Gasteiger partial charge in [0.15, 0.2) is 5.78 Å². The Morgan fingerprint density at radius 3 is 1.96 bits per heavy atom. The van der Waals surface area contributed by atoms with Crippen LogP contribution in [-0.4, -0.2) is 25.0 Å². The lowest BCUT2D eigenvalue weighted by atomic mass is 9.86. The van der Waals surface area contributed by atoms with E-state index in [4.69, 9.17) is 9.47 Å². The normalized spacial score (nSPS) is 12.6. The molecule has 0 saturated carbocycles. The van der Waals surface area contributed by atoms with Gasteiger partial charge in [-0.2, -0.15) is 0 Å². The molecule has 0 heterocycles. The molecule has 0 aliphatic carbocycles. The van der Waals surface area contributed by atoms with Gasteiger partial charge in [0.1, 0.15) is 5.75 Å². The summed E-state index contributed by atoms with van der Waals surface area (Å²) in [4.78, 5) is 36.9. The number of hydrogen-bond donors (Lipinski definition) is 1. The van der Waals surface area contributed by atoms with Crippen molar-refractivity contribution in [3.05, 3.63) is 66.2 Å². The number of hydrogen-bond acceptors (Lipinski definition) is 5. The first kappa shape index (κ1) is 17.2. The van der Waals surface area contributed by atoms with Crippen molar-refractivity contribution in [2.45, 2.75) is 12.5 Å². The fourth-order valence-electron chi connectivity index (χ4n) is 2.29. The largest absolute Gasteiger partial charge is 0.467 e. The topological polar surface area (TPSA) is 81.7 Å². The minimum atomic E-state index is -1.97. The number of rotatable bonds is 5. The summed E-state index contributed by atoms with van der Waals surface area (Å²) in [5, 5.41) is 2.36. The van der Waals surface area contributed by atoms with Gasteiger partial charge in [-0.15, -0.1) is 0 Å². The Hall–Kier alpha value is -3.15. The van der Waals surface area contributed by atoms with Crippen molar-refractivity contribution in [3.63, 3.8) is 0 Å². The first-order chi connectivity index (χ1) is 11.5. The van der Waals surface area contributed by atoms with E-state index in [1.54, 1.807) is 60.7 Å². The highest BCUT2D eigenvalue weighted by molar-refractivity contribution is 6.10. The number of Topliss-reactive ketones (excluding diaryl/α,β-unsaturated/α-hetero) is 1. The quantitative estimate of drug-likeness (QED) is 0.674. The second-order valence-corrected chi connectivity index (χ2v) is 4.99. The van der Waals surface area contributed by atoms with Crippen LogP contribution in [0.5, 0.6) is 5.75 Å². The van der Waals surface area contributed by atoms with Crippen LogP contribution in [0.25, 0.3) is 0 Å². The van der Waals surface area contributed by atoms with Crippen LogP contribution in [0, 0.1) is 0 Å². The van der Waals surface area contributed by atoms with E-state index in [1.807, 2.05) is 0 Å². The molecule has 0 aliphatic heterocycles. The predicted molar refractivity (Wildman–Crippen MR) is 86.4 cm³/mol. The Labute approximate surface area is 139 Å². The number of nitrogens with one attached hydrogen (secondary N) is 1. The molecule has 0 aromatic heterocycles. The van der Waals surface area contributed by atoms with Gasteiger partial charge in [0.2, 0.25) is 5.54 Å². The molecule has 0 saturated heterocycles. The number of methoxy groups -OCH3 is 1. The number of esters is 1. The van der Waals surface area contributed by atoms with Gasteiger partial charge in [-0.25, -0.2) is 9.59 Å². The van der Waals surface area contributed by atoms with Gasteiger partial charge in [-0.05, 0) is 24.6 Å². The summed E-state index contributed by atoms with van der Waals surface area (Å²) < 4.78 is 9.88. The zero-order valence-corrected chi connectivity index (χ0v) is 13.3. The molecule has 124 valence electrons. The predicted octanol–water partition coefficient (Wildman–Crippen LogP) is 2.43. The van der Waals surface area contributed by atoms with Crippen molar-refractivity contribution < 1.29 is 23.9 Å². The Kier molecular flexibility index (Phi) is 5.31. The standard InChI is InChI=1S/C18H17NO5/c1-13(20)18(16(21)23-2,14-9-5-3-6-10-14)19-17(22)24-15-11-7-4-8-12-15/h3-12H,1-2H3,(H,19,22). The van der Waals surface area contributed by atoms with Crippen molar-refractivity contribution in [2.24, 2.45) is 0 Å². The molecule has 0 spiro atoms. The minimum Gasteiger partial charge on any atom is -0.467 e. The number of carbonyl (C=O) groups excluding carboxylic acids is 3. The average molecular weight is 327 g/mol. The molecule has 0 radical (unpaired) electrons. The van der Waals surface area contributed by atoms with Crippen molar-refractivity contribution in [2.75, 3.05) is 7.11 Å². The lowest BCUT2D eigenvalue weighted by molar-refractivity contribution is -0.153. The van der Waals surface area contributed by atoms with Crippen LogP contribution >= 0.6 is 0 Å². The first-order valence-corrected chi connectivity index (χ1v) is 7.20. The summed E-state index contributed by atoms with van der Waals surface area (Å²) >= 11 is 0. The Balaban J connectivity index is 2.37. The Bertz CT molecular complexity index is 730. The van der Waals surface area contributed by atoms with E-state index in [-0.39, 0.29) is 11.3 Å². The number of ether oxygens (including phenoxy) is 2. The highest BCUT2D eigenvalue weighted by Gasteiger charge is 2.48. The minimum absolute atomic E-state index is 0.283. The van der Waals surface area contributed by atoms with Crippen molar-refractivity contribution in [3.8, 4) is 5.75 Å². The summed E-state index contributed by atoms with van der Waals surface area (Å²) in [5.41, 5.74) is -1.68. The molecule has 1 N–H and O–H groups in total. The SMILES string of the molecule is COC(=O)C(NC(=O)Oc1ccccc1)(C(C)=O)c1ccccc1. The maximum absolute atomic E-state index is 12.4. The molecule has 2 aromatic carbocycles. The smallest absolute Gasteiger partial charge is 0.414 e. The molecule has 6 nitrogen and oxygen atoms in total. The zero-order chi connectivity index (χ0) is 17.6. The molecule has 0 aliphatic rings.